The molecule has 5 rings (SSSR count). The van der Waals surface area contributed by atoms with E-state index in [9.17, 15) is 9.59 Å². The van der Waals surface area contributed by atoms with Crippen LogP contribution in [0.4, 0.5) is 5.82 Å². The largest absolute Gasteiger partial charge is 0.462 e. The van der Waals surface area contributed by atoms with Crippen molar-refractivity contribution in [3.8, 4) is 16.9 Å². The first-order valence-corrected chi connectivity index (χ1v) is 13.0. The van der Waals surface area contributed by atoms with E-state index in [0.717, 1.165) is 16.9 Å². The van der Waals surface area contributed by atoms with Crippen LogP contribution in [0.15, 0.2) is 73.2 Å². The molecule has 9 nitrogen and oxygen atoms in total. The van der Waals surface area contributed by atoms with E-state index in [2.05, 4.69) is 15.2 Å². The summed E-state index contributed by atoms with van der Waals surface area (Å²) in [4.78, 5) is 32.3. The lowest BCUT2D eigenvalue weighted by atomic mass is 10.1. The number of amides is 1. The molecule has 2 aromatic carbocycles. The van der Waals surface area contributed by atoms with Gasteiger partial charge >= 0.3 is 5.97 Å². The Kier molecular flexibility index (Phi) is 7.36. The minimum Gasteiger partial charge on any atom is -0.462 e. The summed E-state index contributed by atoms with van der Waals surface area (Å²) >= 11 is 12.2. The molecule has 0 fully saturated rings. The second kappa shape index (κ2) is 10.9. The van der Waals surface area contributed by atoms with Crippen LogP contribution in [0.2, 0.25) is 10.0 Å². The van der Waals surface area contributed by atoms with Gasteiger partial charge in [0.05, 0.1) is 28.0 Å². The average molecular weight is 563 g/mol. The van der Waals surface area contributed by atoms with Gasteiger partial charge in [-0.2, -0.15) is 5.10 Å². The van der Waals surface area contributed by atoms with Gasteiger partial charge in [-0.05, 0) is 57.2 Å². The highest BCUT2D eigenvalue weighted by Crippen LogP contribution is 2.29. The normalized spacial score (nSPS) is 11.2. The number of benzene rings is 2. The average Bonchev–Trinajstić information content (AvgIpc) is 3.55. The van der Waals surface area contributed by atoms with Crippen LogP contribution in [0.25, 0.3) is 22.6 Å². The highest BCUT2D eigenvalue weighted by atomic mass is 35.5. The Morgan fingerprint density at radius 3 is 2.46 bits per heavy atom. The molecule has 11 heteroatoms. The van der Waals surface area contributed by atoms with E-state index in [0.29, 0.717) is 16.3 Å². The Morgan fingerprint density at radius 2 is 1.79 bits per heavy atom. The lowest BCUT2D eigenvalue weighted by Crippen LogP contribution is -2.38. The molecule has 1 amide bonds. The van der Waals surface area contributed by atoms with Crippen molar-refractivity contribution in [1.29, 1.82) is 0 Å². The zero-order valence-corrected chi connectivity index (χ0v) is 22.9. The SMILES string of the molecule is CCOC(=O)c1cn(-c2ccc(-c3cc4ncccn4n3)cc2)nc1N(C(=O)c1ccc(Cl)c(Cl)c1)C(C)C. The molecule has 0 spiro atoms. The molecule has 0 saturated carbocycles. The van der Waals surface area contributed by atoms with Crippen LogP contribution in [0.1, 0.15) is 41.5 Å². The summed E-state index contributed by atoms with van der Waals surface area (Å²) in [5, 5.41) is 9.81. The first-order chi connectivity index (χ1) is 18.8. The smallest absolute Gasteiger partial charge is 0.343 e. The van der Waals surface area contributed by atoms with Gasteiger partial charge in [-0.1, -0.05) is 35.3 Å². The topological polar surface area (TPSA) is 94.6 Å². The third-order valence-electron chi connectivity index (χ3n) is 5.98. The molecule has 0 aliphatic carbocycles. The fraction of sp³-hybridized carbons (Fsp3) is 0.179. The number of fused-ring (bicyclic) bond motifs is 1. The van der Waals surface area contributed by atoms with Gasteiger partial charge in [0.2, 0.25) is 0 Å². The predicted octanol–water partition coefficient (Wildman–Crippen LogP) is 6.12. The Bertz CT molecular complexity index is 1640. The molecule has 0 aliphatic heterocycles. The molecule has 3 aromatic heterocycles. The summed E-state index contributed by atoms with van der Waals surface area (Å²) in [6.07, 6.45) is 5.11. The number of rotatable bonds is 7. The summed E-state index contributed by atoms with van der Waals surface area (Å²) in [5.41, 5.74) is 3.56. The number of carbonyl (C=O) groups excluding carboxylic acids is 2. The van der Waals surface area contributed by atoms with Crippen LogP contribution in [0, 0.1) is 0 Å². The Balaban J connectivity index is 1.53. The van der Waals surface area contributed by atoms with Crippen molar-refractivity contribution in [3.05, 3.63) is 94.4 Å². The van der Waals surface area contributed by atoms with Crippen molar-refractivity contribution in [2.75, 3.05) is 11.5 Å². The van der Waals surface area contributed by atoms with Gasteiger partial charge in [0, 0.05) is 41.8 Å². The molecule has 3 heterocycles. The lowest BCUT2D eigenvalue weighted by molar-refractivity contribution is 0.0527. The van der Waals surface area contributed by atoms with E-state index in [1.54, 1.807) is 40.6 Å². The van der Waals surface area contributed by atoms with Crippen molar-refractivity contribution < 1.29 is 14.3 Å². The number of carbonyl (C=O) groups is 2. The number of ether oxygens (including phenoxy) is 1. The Labute approximate surface area is 234 Å². The quantitative estimate of drug-likeness (QED) is 0.222. The van der Waals surface area contributed by atoms with Crippen LogP contribution < -0.4 is 4.90 Å². The van der Waals surface area contributed by atoms with E-state index >= 15 is 0 Å². The van der Waals surface area contributed by atoms with Gasteiger partial charge in [0.1, 0.15) is 5.56 Å². The van der Waals surface area contributed by atoms with Crippen LogP contribution in [0.5, 0.6) is 0 Å². The number of nitrogens with zero attached hydrogens (tertiary/aromatic N) is 6. The van der Waals surface area contributed by atoms with Crippen LogP contribution in [0.3, 0.4) is 0 Å². The molecule has 0 bridgehead atoms. The third-order valence-corrected chi connectivity index (χ3v) is 6.72. The zero-order valence-electron chi connectivity index (χ0n) is 21.4. The molecule has 198 valence electrons. The second-order valence-corrected chi connectivity index (χ2v) is 9.74. The monoisotopic (exact) mass is 562 g/mol. The maximum atomic E-state index is 13.6. The maximum Gasteiger partial charge on any atom is 0.343 e. The van der Waals surface area contributed by atoms with Crippen molar-refractivity contribution in [2.24, 2.45) is 0 Å². The number of hydrogen-bond acceptors (Lipinski definition) is 6. The minimum atomic E-state index is -0.583. The highest BCUT2D eigenvalue weighted by molar-refractivity contribution is 6.42. The van der Waals surface area contributed by atoms with Crippen molar-refractivity contribution in [1.82, 2.24) is 24.4 Å². The van der Waals surface area contributed by atoms with Crippen LogP contribution in [-0.2, 0) is 4.74 Å². The highest BCUT2D eigenvalue weighted by Gasteiger charge is 2.30. The van der Waals surface area contributed by atoms with E-state index in [4.69, 9.17) is 27.9 Å². The number of anilines is 1. The summed E-state index contributed by atoms with van der Waals surface area (Å²) in [7, 11) is 0. The third kappa shape index (κ3) is 5.23. The first-order valence-electron chi connectivity index (χ1n) is 12.2. The van der Waals surface area contributed by atoms with Gasteiger partial charge in [-0.3, -0.25) is 9.69 Å². The summed E-state index contributed by atoms with van der Waals surface area (Å²) in [6, 6.07) is 15.5. The molecule has 0 N–H and O–H groups in total. The molecular formula is C28H24Cl2N6O3. The van der Waals surface area contributed by atoms with E-state index in [1.165, 1.54) is 11.0 Å². The van der Waals surface area contributed by atoms with Crippen LogP contribution >= 0.6 is 23.2 Å². The lowest BCUT2D eigenvalue weighted by Gasteiger charge is -2.25. The molecule has 0 unspecified atom stereocenters. The van der Waals surface area contributed by atoms with Crippen molar-refractivity contribution in [2.45, 2.75) is 26.8 Å². The Morgan fingerprint density at radius 1 is 1.03 bits per heavy atom. The second-order valence-electron chi connectivity index (χ2n) is 8.93. The molecular weight excluding hydrogens is 539 g/mol. The number of halogens is 2. The molecule has 39 heavy (non-hydrogen) atoms. The molecule has 5 aromatic rings. The van der Waals surface area contributed by atoms with Gasteiger partial charge in [0.25, 0.3) is 5.91 Å². The molecule has 0 atom stereocenters. The molecule has 0 saturated heterocycles. The minimum absolute atomic E-state index is 0.162. The fourth-order valence-corrected chi connectivity index (χ4v) is 4.43. The summed E-state index contributed by atoms with van der Waals surface area (Å²) < 4.78 is 8.55. The van der Waals surface area contributed by atoms with E-state index in [1.807, 2.05) is 56.4 Å². The first kappa shape index (κ1) is 26.4. The van der Waals surface area contributed by atoms with Gasteiger partial charge in [-0.15, -0.1) is 5.10 Å². The molecule has 0 radical (unpaired) electrons. The predicted molar refractivity (Wildman–Crippen MR) is 150 cm³/mol. The van der Waals surface area contributed by atoms with E-state index < -0.39 is 5.97 Å². The van der Waals surface area contributed by atoms with Gasteiger partial charge in [-0.25, -0.2) is 19.0 Å². The summed E-state index contributed by atoms with van der Waals surface area (Å²) in [6.45, 7) is 5.56. The number of esters is 1. The Hall–Kier alpha value is -4.21. The molecule has 0 aliphatic rings. The number of aromatic nitrogens is 5. The summed E-state index contributed by atoms with van der Waals surface area (Å²) in [5.74, 6) is -0.787. The van der Waals surface area contributed by atoms with Gasteiger partial charge < -0.3 is 4.74 Å². The van der Waals surface area contributed by atoms with E-state index in [-0.39, 0.29) is 35.0 Å². The number of hydrogen-bond donors (Lipinski definition) is 0. The maximum absolute atomic E-state index is 13.6. The fourth-order valence-electron chi connectivity index (χ4n) is 4.13. The van der Waals surface area contributed by atoms with Crippen molar-refractivity contribution >= 4 is 46.5 Å². The van der Waals surface area contributed by atoms with Crippen LogP contribution in [-0.4, -0.2) is 48.9 Å². The van der Waals surface area contributed by atoms with Gasteiger partial charge in [0.15, 0.2) is 11.5 Å². The standard InChI is InChI=1S/C28H24Cl2N6O3/c1-4-39-28(38)21-16-35(20-9-6-18(7-10-20)24-15-25-31-12-5-13-34(25)32-24)33-26(21)36(17(2)3)27(37)19-8-11-22(29)23(30)14-19/h5-17H,4H2,1-3H3. The zero-order chi connectivity index (χ0) is 27.7. The van der Waals surface area contributed by atoms with Crippen molar-refractivity contribution in [3.63, 3.8) is 0 Å².